The molecule has 4 rings (SSSR count). The number of benzene rings is 2. The number of nitrogens with zero attached hydrogens (tertiary/aromatic N) is 3. The number of ether oxygens (including phenoxy) is 2. The van der Waals surface area contributed by atoms with E-state index in [2.05, 4.69) is 16.0 Å². The Morgan fingerprint density at radius 1 is 1.17 bits per heavy atom. The molecule has 0 aliphatic carbocycles. The quantitative estimate of drug-likeness (QED) is 0.717. The lowest BCUT2D eigenvalue weighted by molar-refractivity contribution is 0.190. The van der Waals surface area contributed by atoms with Gasteiger partial charge in [-0.25, -0.2) is 9.78 Å². The molecule has 1 aliphatic heterocycles. The van der Waals surface area contributed by atoms with Crippen molar-refractivity contribution in [2.24, 2.45) is 7.05 Å². The van der Waals surface area contributed by atoms with Crippen LogP contribution in [0.3, 0.4) is 0 Å². The van der Waals surface area contributed by atoms with Gasteiger partial charge in [0.2, 0.25) is 0 Å². The summed E-state index contributed by atoms with van der Waals surface area (Å²) in [6, 6.07) is 13.6. The second-order valence-corrected chi connectivity index (χ2v) is 7.25. The molecule has 2 aromatic carbocycles. The number of aromatic nitrogens is 2. The molecule has 0 radical (unpaired) electrons. The first kappa shape index (κ1) is 19.1. The summed E-state index contributed by atoms with van der Waals surface area (Å²) in [5.74, 6) is 2.33. The molecule has 2 heterocycles. The van der Waals surface area contributed by atoms with E-state index in [0.717, 1.165) is 41.8 Å². The van der Waals surface area contributed by atoms with E-state index in [1.54, 1.807) is 14.2 Å². The Morgan fingerprint density at radius 2 is 1.90 bits per heavy atom. The Bertz CT molecular complexity index is 1010. The number of methoxy groups -OCH3 is 2. The number of amides is 2. The molecular weight excluding hydrogens is 368 g/mol. The van der Waals surface area contributed by atoms with Crippen LogP contribution < -0.4 is 14.8 Å². The van der Waals surface area contributed by atoms with E-state index in [0.29, 0.717) is 18.0 Å². The van der Waals surface area contributed by atoms with Gasteiger partial charge in [-0.2, -0.15) is 0 Å². The van der Waals surface area contributed by atoms with Crippen LogP contribution in [0.4, 0.5) is 4.79 Å². The normalized spacial score (nSPS) is 16.2. The number of fused-ring (bicyclic) bond motifs is 1. The van der Waals surface area contributed by atoms with Gasteiger partial charge < -0.3 is 24.3 Å². The molecule has 7 heteroatoms. The summed E-state index contributed by atoms with van der Waals surface area (Å²) >= 11 is 0. The number of likely N-dealkylation sites (tertiary alicyclic amines) is 1. The summed E-state index contributed by atoms with van der Waals surface area (Å²) in [5.41, 5.74) is 2.96. The fourth-order valence-electron chi connectivity index (χ4n) is 3.99. The van der Waals surface area contributed by atoms with E-state index in [9.17, 15) is 4.79 Å². The van der Waals surface area contributed by atoms with Crippen LogP contribution in [-0.2, 0) is 13.6 Å². The minimum Gasteiger partial charge on any atom is -0.497 e. The number of nitrogens with one attached hydrogen (secondary N) is 1. The van der Waals surface area contributed by atoms with Crippen molar-refractivity contribution in [1.82, 2.24) is 19.8 Å². The van der Waals surface area contributed by atoms with Crippen LogP contribution in [0.5, 0.6) is 11.5 Å². The summed E-state index contributed by atoms with van der Waals surface area (Å²) in [4.78, 5) is 19.6. The second-order valence-electron chi connectivity index (χ2n) is 7.25. The summed E-state index contributed by atoms with van der Waals surface area (Å²) in [7, 11) is 5.24. The average Bonchev–Trinajstić information content (AvgIpc) is 3.36. The van der Waals surface area contributed by atoms with Crippen molar-refractivity contribution in [1.29, 1.82) is 0 Å². The topological polar surface area (TPSA) is 68.6 Å². The molecule has 0 saturated carbocycles. The number of para-hydroxylation sites is 2. The molecule has 1 saturated heterocycles. The summed E-state index contributed by atoms with van der Waals surface area (Å²) in [6.45, 7) is 1.12. The van der Waals surface area contributed by atoms with Crippen LogP contribution in [0.2, 0.25) is 0 Å². The Hall–Kier alpha value is -3.22. The fraction of sp³-hybridized carbons (Fsp3) is 0.364. The third-order valence-corrected chi connectivity index (χ3v) is 5.49. The molecule has 1 aromatic heterocycles. The molecule has 152 valence electrons. The molecule has 1 atom stereocenters. The van der Waals surface area contributed by atoms with Gasteiger partial charge in [0, 0.05) is 26.2 Å². The molecule has 3 aromatic rings. The van der Waals surface area contributed by atoms with Gasteiger partial charge in [0.15, 0.2) is 0 Å². The van der Waals surface area contributed by atoms with Crippen molar-refractivity contribution < 1.29 is 14.3 Å². The number of hydrogen-bond acceptors (Lipinski definition) is 4. The molecule has 1 aliphatic rings. The molecule has 29 heavy (non-hydrogen) atoms. The number of carbonyl (C=O) groups is 1. The molecule has 0 spiro atoms. The van der Waals surface area contributed by atoms with Gasteiger partial charge in [0.05, 0.1) is 31.3 Å². The van der Waals surface area contributed by atoms with Crippen molar-refractivity contribution in [3.05, 3.63) is 53.9 Å². The standard InChI is InChI=1S/C22H26N4O3/c1-25-19-8-5-4-7-18(19)24-21(25)20-9-6-10-26(20)22(27)23-14-15-11-16(28-2)13-17(12-15)29-3/h4-5,7-8,11-13,20H,6,9-10,14H2,1-3H3,(H,23,27). The van der Waals surface area contributed by atoms with E-state index < -0.39 is 0 Å². The van der Waals surface area contributed by atoms with Gasteiger partial charge in [-0.1, -0.05) is 12.1 Å². The molecule has 0 bridgehead atoms. The number of carbonyl (C=O) groups excluding carboxylic acids is 1. The third-order valence-electron chi connectivity index (χ3n) is 5.49. The molecule has 7 nitrogen and oxygen atoms in total. The van der Waals surface area contributed by atoms with Crippen LogP contribution in [0.1, 0.15) is 30.3 Å². The first-order valence-electron chi connectivity index (χ1n) is 9.78. The van der Waals surface area contributed by atoms with Crippen molar-refractivity contribution in [2.75, 3.05) is 20.8 Å². The zero-order valence-electron chi connectivity index (χ0n) is 17.0. The zero-order chi connectivity index (χ0) is 20.4. The van der Waals surface area contributed by atoms with Gasteiger partial charge >= 0.3 is 6.03 Å². The van der Waals surface area contributed by atoms with Crippen LogP contribution in [0.25, 0.3) is 11.0 Å². The van der Waals surface area contributed by atoms with Crippen LogP contribution >= 0.6 is 0 Å². The van der Waals surface area contributed by atoms with Gasteiger partial charge in [0.25, 0.3) is 0 Å². The van der Waals surface area contributed by atoms with E-state index >= 15 is 0 Å². The zero-order valence-corrected chi connectivity index (χ0v) is 17.0. The first-order chi connectivity index (χ1) is 14.1. The molecular formula is C22H26N4O3. The first-order valence-corrected chi connectivity index (χ1v) is 9.78. The Kier molecular flexibility index (Phi) is 5.29. The highest BCUT2D eigenvalue weighted by Gasteiger charge is 2.33. The van der Waals surface area contributed by atoms with Crippen molar-refractivity contribution in [2.45, 2.75) is 25.4 Å². The minimum absolute atomic E-state index is 0.0211. The average molecular weight is 394 g/mol. The summed E-state index contributed by atoms with van der Waals surface area (Å²) < 4.78 is 12.7. The summed E-state index contributed by atoms with van der Waals surface area (Å²) in [5, 5.41) is 3.04. The molecule has 1 fully saturated rings. The predicted molar refractivity (Wildman–Crippen MR) is 111 cm³/mol. The lowest BCUT2D eigenvalue weighted by atomic mass is 10.2. The lowest BCUT2D eigenvalue weighted by Crippen LogP contribution is -2.39. The van der Waals surface area contributed by atoms with E-state index in [1.807, 2.05) is 48.3 Å². The Labute approximate surface area is 170 Å². The van der Waals surface area contributed by atoms with Gasteiger partial charge in [-0.3, -0.25) is 0 Å². The maximum atomic E-state index is 13.0. The number of hydrogen-bond donors (Lipinski definition) is 1. The number of rotatable bonds is 5. The second kappa shape index (κ2) is 8.03. The van der Waals surface area contributed by atoms with E-state index in [1.165, 1.54) is 0 Å². The summed E-state index contributed by atoms with van der Waals surface area (Å²) in [6.07, 6.45) is 1.88. The van der Waals surface area contributed by atoms with Crippen LogP contribution in [0.15, 0.2) is 42.5 Å². The number of imidazole rings is 1. The molecule has 1 N–H and O–H groups in total. The maximum Gasteiger partial charge on any atom is 0.318 e. The van der Waals surface area contributed by atoms with Gasteiger partial charge in [-0.05, 0) is 42.7 Å². The van der Waals surface area contributed by atoms with Gasteiger partial charge in [-0.15, -0.1) is 0 Å². The fourth-order valence-corrected chi connectivity index (χ4v) is 3.99. The van der Waals surface area contributed by atoms with Crippen LogP contribution in [0, 0.1) is 0 Å². The molecule has 1 unspecified atom stereocenters. The highest BCUT2D eigenvalue weighted by Crippen LogP contribution is 2.33. The highest BCUT2D eigenvalue weighted by molar-refractivity contribution is 5.77. The Balaban J connectivity index is 1.50. The predicted octanol–water partition coefficient (Wildman–Crippen LogP) is 3.64. The number of urea groups is 1. The van der Waals surface area contributed by atoms with Crippen molar-refractivity contribution in [3.63, 3.8) is 0 Å². The van der Waals surface area contributed by atoms with Crippen LogP contribution in [-0.4, -0.2) is 41.2 Å². The number of aryl methyl sites for hydroxylation is 1. The van der Waals surface area contributed by atoms with Crippen molar-refractivity contribution in [3.8, 4) is 11.5 Å². The van der Waals surface area contributed by atoms with E-state index in [4.69, 9.17) is 14.5 Å². The maximum absolute atomic E-state index is 13.0. The smallest absolute Gasteiger partial charge is 0.318 e. The van der Waals surface area contributed by atoms with Crippen molar-refractivity contribution >= 4 is 17.1 Å². The highest BCUT2D eigenvalue weighted by atomic mass is 16.5. The molecule has 2 amide bonds. The third kappa shape index (κ3) is 3.72. The minimum atomic E-state index is -0.0821. The SMILES string of the molecule is COc1cc(CNC(=O)N2CCCC2c2nc3ccccc3n2C)cc(OC)c1. The Morgan fingerprint density at radius 3 is 2.59 bits per heavy atom. The van der Waals surface area contributed by atoms with E-state index in [-0.39, 0.29) is 12.1 Å². The largest absolute Gasteiger partial charge is 0.497 e. The lowest BCUT2D eigenvalue weighted by Gasteiger charge is -2.24. The monoisotopic (exact) mass is 394 g/mol. The van der Waals surface area contributed by atoms with Gasteiger partial charge in [0.1, 0.15) is 17.3 Å².